The molecule has 1 N–H and O–H groups in total. The number of carbonyl (C=O) groups is 2. The quantitative estimate of drug-likeness (QED) is 0.618. The number of hydrogen-bond donors (Lipinski definition) is 1. The monoisotopic (exact) mass is 383 g/mol. The molecular weight excluding hydrogens is 366 g/mol. The third-order valence-corrected chi connectivity index (χ3v) is 3.62. The fourth-order valence-corrected chi connectivity index (χ4v) is 2.32. The van der Waals surface area contributed by atoms with Crippen molar-refractivity contribution < 1.29 is 23.5 Å². The summed E-state index contributed by atoms with van der Waals surface area (Å²) in [6.07, 6.45) is 0. The number of nitrogens with zero attached hydrogens (tertiary/aromatic N) is 2. The van der Waals surface area contributed by atoms with Gasteiger partial charge in [0.25, 0.3) is 5.91 Å². The zero-order chi connectivity index (χ0) is 19.9. The second kappa shape index (κ2) is 8.67. The molecule has 0 spiro atoms. The lowest BCUT2D eigenvalue weighted by atomic mass is 10.2. The number of nitrogens with one attached hydrogen (secondary N) is 1. The summed E-state index contributed by atoms with van der Waals surface area (Å²) in [4.78, 5) is 35.6. The molecule has 0 atom stereocenters. The van der Waals surface area contributed by atoms with Crippen LogP contribution in [-0.4, -0.2) is 35.4 Å². The van der Waals surface area contributed by atoms with E-state index in [0.717, 1.165) is 4.68 Å². The van der Waals surface area contributed by atoms with Crippen molar-refractivity contribution in [3.05, 3.63) is 65.1 Å². The SMILES string of the molecule is COc1cccc(NC(=O)COC(=O)Cn2nc(-c3ccccc3)oc2=O)c1. The van der Waals surface area contributed by atoms with Crippen molar-refractivity contribution in [2.24, 2.45) is 0 Å². The molecule has 144 valence electrons. The van der Waals surface area contributed by atoms with E-state index in [2.05, 4.69) is 10.4 Å². The first-order valence-corrected chi connectivity index (χ1v) is 8.28. The summed E-state index contributed by atoms with van der Waals surface area (Å²) in [5.41, 5.74) is 1.10. The molecule has 0 fully saturated rings. The number of amides is 1. The summed E-state index contributed by atoms with van der Waals surface area (Å²) >= 11 is 0. The first kappa shape index (κ1) is 18.9. The van der Waals surface area contributed by atoms with Crippen molar-refractivity contribution in [2.45, 2.75) is 6.54 Å². The maximum Gasteiger partial charge on any atom is 0.437 e. The number of carbonyl (C=O) groups excluding carboxylic acids is 2. The van der Waals surface area contributed by atoms with Crippen LogP contribution in [0, 0.1) is 0 Å². The molecular formula is C19H17N3O6. The molecule has 28 heavy (non-hydrogen) atoms. The lowest BCUT2D eigenvalue weighted by Crippen LogP contribution is -2.26. The Morgan fingerprint density at radius 3 is 2.68 bits per heavy atom. The smallest absolute Gasteiger partial charge is 0.437 e. The van der Waals surface area contributed by atoms with Gasteiger partial charge in [-0.2, -0.15) is 4.68 Å². The van der Waals surface area contributed by atoms with Crippen LogP contribution >= 0.6 is 0 Å². The number of benzene rings is 2. The largest absolute Gasteiger partial charge is 0.497 e. The summed E-state index contributed by atoms with van der Waals surface area (Å²) in [6.45, 7) is -0.976. The average molecular weight is 383 g/mol. The number of esters is 1. The van der Waals surface area contributed by atoms with Gasteiger partial charge in [-0.05, 0) is 24.3 Å². The maximum atomic E-state index is 11.9. The first-order chi connectivity index (χ1) is 13.5. The molecule has 0 aliphatic heterocycles. The van der Waals surface area contributed by atoms with Crippen LogP contribution < -0.4 is 15.8 Å². The molecule has 0 aliphatic rings. The zero-order valence-electron chi connectivity index (χ0n) is 15.0. The van der Waals surface area contributed by atoms with Crippen molar-refractivity contribution in [1.82, 2.24) is 9.78 Å². The van der Waals surface area contributed by atoms with E-state index in [1.165, 1.54) is 7.11 Å². The van der Waals surface area contributed by atoms with Crippen molar-refractivity contribution in [3.8, 4) is 17.2 Å². The van der Waals surface area contributed by atoms with E-state index < -0.39 is 30.8 Å². The minimum atomic E-state index is -0.796. The first-order valence-electron chi connectivity index (χ1n) is 8.28. The van der Waals surface area contributed by atoms with E-state index in [1.54, 1.807) is 48.5 Å². The van der Waals surface area contributed by atoms with Crippen LogP contribution in [0.3, 0.4) is 0 Å². The standard InChI is InChI=1S/C19H17N3O6/c1-26-15-9-5-8-14(10-15)20-16(23)12-27-17(24)11-22-19(25)28-18(21-22)13-6-3-2-4-7-13/h2-10H,11-12H2,1H3,(H,20,23). The molecule has 0 radical (unpaired) electrons. The second-order valence-corrected chi connectivity index (χ2v) is 5.64. The topological polar surface area (TPSA) is 113 Å². The second-order valence-electron chi connectivity index (χ2n) is 5.64. The van der Waals surface area contributed by atoms with Crippen molar-refractivity contribution >= 4 is 17.6 Å². The summed E-state index contributed by atoms with van der Waals surface area (Å²) in [6, 6.07) is 15.5. The van der Waals surface area contributed by atoms with Crippen LogP contribution in [0.2, 0.25) is 0 Å². The van der Waals surface area contributed by atoms with Gasteiger partial charge in [-0.3, -0.25) is 9.59 Å². The van der Waals surface area contributed by atoms with Crippen molar-refractivity contribution in [1.29, 1.82) is 0 Å². The maximum absolute atomic E-state index is 11.9. The zero-order valence-corrected chi connectivity index (χ0v) is 15.0. The molecule has 0 unspecified atom stereocenters. The number of ether oxygens (including phenoxy) is 2. The highest BCUT2D eigenvalue weighted by Gasteiger charge is 2.15. The third-order valence-electron chi connectivity index (χ3n) is 3.62. The van der Waals surface area contributed by atoms with Crippen LogP contribution in [0.4, 0.5) is 5.69 Å². The van der Waals surface area contributed by atoms with Crippen molar-refractivity contribution in [3.63, 3.8) is 0 Å². The van der Waals surface area contributed by atoms with Gasteiger partial charge in [-0.15, -0.1) is 5.10 Å². The summed E-state index contributed by atoms with van der Waals surface area (Å²) in [7, 11) is 1.51. The van der Waals surface area contributed by atoms with Gasteiger partial charge in [0, 0.05) is 17.3 Å². The number of aromatic nitrogens is 2. The van der Waals surface area contributed by atoms with Gasteiger partial charge < -0.3 is 19.2 Å². The predicted molar refractivity (Wildman–Crippen MR) is 98.8 cm³/mol. The van der Waals surface area contributed by atoms with Gasteiger partial charge >= 0.3 is 11.7 Å². The summed E-state index contributed by atoms with van der Waals surface area (Å²) in [5, 5.41) is 6.53. The lowest BCUT2D eigenvalue weighted by Gasteiger charge is -2.07. The highest BCUT2D eigenvalue weighted by molar-refractivity contribution is 5.92. The lowest BCUT2D eigenvalue weighted by molar-refractivity contribution is -0.148. The van der Waals surface area contributed by atoms with E-state index in [-0.39, 0.29) is 5.89 Å². The highest BCUT2D eigenvalue weighted by atomic mass is 16.5. The Morgan fingerprint density at radius 1 is 1.14 bits per heavy atom. The summed E-state index contributed by atoms with van der Waals surface area (Å²) < 4.78 is 15.8. The van der Waals surface area contributed by atoms with Crippen LogP contribution in [-0.2, 0) is 20.9 Å². The Labute approximate surface area is 159 Å². The molecule has 1 aromatic heterocycles. The van der Waals surface area contributed by atoms with E-state index in [9.17, 15) is 14.4 Å². The van der Waals surface area contributed by atoms with Gasteiger partial charge in [-0.25, -0.2) is 4.79 Å². The van der Waals surface area contributed by atoms with Gasteiger partial charge in [0.1, 0.15) is 12.3 Å². The number of rotatable bonds is 7. The van der Waals surface area contributed by atoms with E-state index in [1.807, 2.05) is 6.07 Å². The molecule has 0 saturated carbocycles. The average Bonchev–Trinajstić information content (AvgIpc) is 3.07. The van der Waals surface area contributed by atoms with E-state index >= 15 is 0 Å². The number of anilines is 1. The Balaban J connectivity index is 1.54. The Morgan fingerprint density at radius 2 is 1.93 bits per heavy atom. The molecule has 1 amide bonds. The molecule has 0 aliphatic carbocycles. The summed E-state index contributed by atoms with van der Waals surface area (Å²) in [5.74, 6) is -1.45. The Bertz CT molecular complexity index is 1030. The molecule has 0 bridgehead atoms. The molecule has 9 heteroatoms. The third kappa shape index (κ3) is 4.85. The van der Waals surface area contributed by atoms with E-state index in [0.29, 0.717) is 17.0 Å². The van der Waals surface area contributed by atoms with Crippen LogP contribution in [0.1, 0.15) is 0 Å². The molecule has 0 saturated heterocycles. The fraction of sp³-hybridized carbons (Fsp3) is 0.158. The number of hydrogen-bond acceptors (Lipinski definition) is 7. The van der Waals surface area contributed by atoms with Gasteiger partial charge in [-0.1, -0.05) is 24.3 Å². The van der Waals surface area contributed by atoms with Crippen molar-refractivity contribution in [2.75, 3.05) is 19.0 Å². The fourth-order valence-electron chi connectivity index (χ4n) is 2.32. The molecule has 2 aromatic carbocycles. The van der Waals surface area contributed by atoms with E-state index in [4.69, 9.17) is 13.9 Å². The predicted octanol–water partition coefficient (Wildman–Crippen LogP) is 1.69. The molecule has 3 rings (SSSR count). The minimum absolute atomic E-state index is 0.0918. The molecule has 1 heterocycles. The van der Waals surface area contributed by atoms with Crippen LogP contribution in [0.15, 0.2) is 63.8 Å². The van der Waals surface area contributed by atoms with Gasteiger partial charge in [0.15, 0.2) is 6.61 Å². The van der Waals surface area contributed by atoms with Crippen LogP contribution in [0.25, 0.3) is 11.5 Å². The Kier molecular flexibility index (Phi) is 5.85. The molecule has 9 nitrogen and oxygen atoms in total. The Hall–Kier alpha value is -3.88. The normalized spacial score (nSPS) is 10.3. The highest BCUT2D eigenvalue weighted by Crippen LogP contribution is 2.16. The number of methoxy groups -OCH3 is 1. The molecule has 3 aromatic rings. The van der Waals surface area contributed by atoms with Gasteiger partial charge in [0.05, 0.1) is 7.11 Å². The minimum Gasteiger partial charge on any atom is -0.497 e. The van der Waals surface area contributed by atoms with Crippen LogP contribution in [0.5, 0.6) is 5.75 Å². The van der Waals surface area contributed by atoms with Gasteiger partial charge in [0.2, 0.25) is 5.89 Å².